The number of rotatable bonds is 8. The van der Waals surface area contributed by atoms with E-state index in [-0.39, 0.29) is 6.61 Å². The van der Waals surface area contributed by atoms with Crippen molar-refractivity contribution in [2.24, 2.45) is 5.92 Å². The number of aliphatic hydroxyl groups excluding tert-OH is 1. The van der Waals surface area contributed by atoms with Crippen LogP contribution in [0.25, 0.3) is 0 Å². The highest BCUT2D eigenvalue weighted by Crippen LogP contribution is 2.32. The smallest absolute Gasteiger partial charge is 0.142 e. The molecule has 0 unspecified atom stereocenters. The first-order chi connectivity index (χ1) is 10.7. The van der Waals surface area contributed by atoms with Crippen LogP contribution in [0.1, 0.15) is 38.7 Å². The Balaban J connectivity index is 2.03. The highest BCUT2D eigenvalue weighted by atomic mass is 16.5. The van der Waals surface area contributed by atoms with Crippen LogP contribution in [0.15, 0.2) is 18.2 Å². The molecule has 2 rings (SSSR count). The van der Waals surface area contributed by atoms with Crippen molar-refractivity contribution in [3.8, 4) is 5.75 Å². The van der Waals surface area contributed by atoms with Gasteiger partial charge in [-0.3, -0.25) is 0 Å². The molecule has 1 saturated heterocycles. The molecule has 0 amide bonds. The van der Waals surface area contributed by atoms with Crippen molar-refractivity contribution >= 4 is 5.69 Å². The number of nitrogens with zero attached hydrogens (tertiary/aromatic N) is 1. The molecular weight excluding hydrogens is 276 g/mol. The second kappa shape index (κ2) is 9.01. The van der Waals surface area contributed by atoms with Gasteiger partial charge in [0.15, 0.2) is 0 Å². The molecule has 0 aromatic heterocycles. The van der Waals surface area contributed by atoms with Crippen molar-refractivity contribution in [3.63, 3.8) is 0 Å². The maximum Gasteiger partial charge on any atom is 0.142 e. The largest absolute Gasteiger partial charge is 0.492 e. The topological polar surface area (TPSA) is 44.7 Å². The van der Waals surface area contributed by atoms with E-state index < -0.39 is 0 Å². The second-order valence-corrected chi connectivity index (χ2v) is 6.16. The van der Waals surface area contributed by atoms with Gasteiger partial charge in [0.1, 0.15) is 5.75 Å². The quantitative estimate of drug-likeness (QED) is 0.725. The van der Waals surface area contributed by atoms with Crippen molar-refractivity contribution in [2.75, 3.05) is 37.7 Å². The molecule has 0 saturated carbocycles. The molecule has 22 heavy (non-hydrogen) atoms. The minimum Gasteiger partial charge on any atom is -0.492 e. The summed E-state index contributed by atoms with van der Waals surface area (Å²) >= 11 is 0. The predicted molar refractivity (Wildman–Crippen MR) is 91.6 cm³/mol. The monoisotopic (exact) mass is 306 g/mol. The number of aliphatic hydroxyl groups is 1. The van der Waals surface area contributed by atoms with Gasteiger partial charge in [-0.2, -0.15) is 0 Å². The van der Waals surface area contributed by atoms with Gasteiger partial charge in [-0.1, -0.05) is 13.0 Å². The van der Waals surface area contributed by atoms with E-state index in [4.69, 9.17) is 9.84 Å². The average molecular weight is 306 g/mol. The van der Waals surface area contributed by atoms with E-state index >= 15 is 0 Å². The fraction of sp³-hybridized carbons (Fsp3) is 0.667. The third-order valence-electron chi connectivity index (χ3n) is 4.29. The van der Waals surface area contributed by atoms with E-state index in [1.165, 1.54) is 24.1 Å². The van der Waals surface area contributed by atoms with Crippen LogP contribution in [0.4, 0.5) is 5.69 Å². The van der Waals surface area contributed by atoms with Crippen LogP contribution in [0.2, 0.25) is 0 Å². The van der Waals surface area contributed by atoms with Crippen LogP contribution < -0.4 is 15.0 Å². The number of benzene rings is 1. The van der Waals surface area contributed by atoms with Gasteiger partial charge >= 0.3 is 0 Å². The van der Waals surface area contributed by atoms with Crippen LogP contribution in [0.5, 0.6) is 5.75 Å². The number of hydrogen-bond acceptors (Lipinski definition) is 4. The summed E-state index contributed by atoms with van der Waals surface area (Å²) in [4.78, 5) is 2.45. The summed E-state index contributed by atoms with van der Waals surface area (Å²) in [5.41, 5.74) is 2.46. The molecule has 0 atom stereocenters. The Morgan fingerprint density at radius 1 is 1.32 bits per heavy atom. The summed E-state index contributed by atoms with van der Waals surface area (Å²) in [5, 5.41) is 12.2. The molecule has 2 N–H and O–H groups in total. The minimum atomic E-state index is 0.240. The van der Waals surface area contributed by atoms with E-state index in [2.05, 4.69) is 35.3 Å². The van der Waals surface area contributed by atoms with Gasteiger partial charge in [-0.15, -0.1) is 0 Å². The van der Waals surface area contributed by atoms with Gasteiger partial charge in [-0.05, 0) is 56.3 Å². The standard InChI is InChI=1S/C18H30N2O2/c1-3-22-18-13-16(14-19-9-4-12-21)5-6-17(18)20-10-7-15(2)8-11-20/h5-6,13,15,19,21H,3-4,7-12,14H2,1-2H3. The third-order valence-corrected chi connectivity index (χ3v) is 4.29. The van der Waals surface area contributed by atoms with Crippen molar-refractivity contribution in [1.29, 1.82) is 0 Å². The Kier molecular flexibility index (Phi) is 7.00. The molecular formula is C18H30N2O2. The van der Waals surface area contributed by atoms with Crippen molar-refractivity contribution in [3.05, 3.63) is 23.8 Å². The molecule has 1 aromatic rings. The lowest BCUT2D eigenvalue weighted by Crippen LogP contribution is -2.33. The number of piperidine rings is 1. The second-order valence-electron chi connectivity index (χ2n) is 6.16. The van der Waals surface area contributed by atoms with Gasteiger partial charge in [0.25, 0.3) is 0 Å². The zero-order chi connectivity index (χ0) is 15.8. The van der Waals surface area contributed by atoms with Gasteiger partial charge in [0, 0.05) is 26.2 Å². The van der Waals surface area contributed by atoms with Gasteiger partial charge in [0.2, 0.25) is 0 Å². The Morgan fingerprint density at radius 3 is 2.77 bits per heavy atom. The summed E-state index contributed by atoms with van der Waals surface area (Å²) in [7, 11) is 0. The van der Waals surface area contributed by atoms with E-state index in [0.29, 0.717) is 6.61 Å². The Morgan fingerprint density at radius 2 is 2.09 bits per heavy atom. The van der Waals surface area contributed by atoms with Gasteiger partial charge < -0.3 is 20.1 Å². The van der Waals surface area contributed by atoms with Crippen LogP contribution in [0.3, 0.4) is 0 Å². The Hall–Kier alpha value is -1.26. The zero-order valence-electron chi connectivity index (χ0n) is 14.0. The Labute approximate surface area is 134 Å². The molecule has 1 aliphatic rings. The summed E-state index contributed by atoms with van der Waals surface area (Å²) in [6.07, 6.45) is 3.31. The summed E-state index contributed by atoms with van der Waals surface area (Å²) in [6, 6.07) is 6.54. The summed E-state index contributed by atoms with van der Waals surface area (Å²) in [5.74, 6) is 1.83. The molecule has 1 heterocycles. The summed E-state index contributed by atoms with van der Waals surface area (Å²) in [6.45, 7) is 9.20. The highest BCUT2D eigenvalue weighted by Gasteiger charge is 2.19. The van der Waals surface area contributed by atoms with E-state index in [9.17, 15) is 0 Å². The lowest BCUT2D eigenvalue weighted by molar-refractivity contribution is 0.286. The van der Waals surface area contributed by atoms with Gasteiger partial charge in [0.05, 0.1) is 12.3 Å². The number of nitrogens with one attached hydrogen (secondary N) is 1. The fourth-order valence-corrected chi connectivity index (χ4v) is 2.89. The van der Waals surface area contributed by atoms with Crippen molar-refractivity contribution in [2.45, 2.75) is 39.7 Å². The number of hydrogen-bond donors (Lipinski definition) is 2. The average Bonchev–Trinajstić information content (AvgIpc) is 2.53. The molecule has 4 heteroatoms. The third kappa shape index (κ3) is 4.89. The molecule has 1 fully saturated rings. The first-order valence-electron chi connectivity index (χ1n) is 8.56. The van der Waals surface area contributed by atoms with Gasteiger partial charge in [-0.25, -0.2) is 0 Å². The molecule has 1 aromatic carbocycles. The molecule has 4 nitrogen and oxygen atoms in total. The summed E-state index contributed by atoms with van der Waals surface area (Å²) < 4.78 is 5.88. The van der Waals surface area contributed by atoms with Crippen LogP contribution >= 0.6 is 0 Å². The molecule has 0 spiro atoms. The van der Waals surface area contributed by atoms with Crippen LogP contribution in [-0.4, -0.2) is 38.0 Å². The lowest BCUT2D eigenvalue weighted by atomic mass is 9.98. The normalized spacial score (nSPS) is 16.0. The molecule has 0 radical (unpaired) electrons. The van der Waals surface area contributed by atoms with Crippen molar-refractivity contribution < 1.29 is 9.84 Å². The Bertz CT molecular complexity index is 443. The molecule has 1 aliphatic heterocycles. The molecule has 124 valence electrons. The SMILES string of the molecule is CCOc1cc(CNCCCO)ccc1N1CCC(C)CC1. The first kappa shape index (κ1) is 17.1. The highest BCUT2D eigenvalue weighted by molar-refractivity contribution is 5.60. The maximum atomic E-state index is 8.81. The van der Waals surface area contributed by atoms with E-state index in [0.717, 1.165) is 44.3 Å². The van der Waals surface area contributed by atoms with Crippen LogP contribution in [-0.2, 0) is 6.54 Å². The maximum absolute atomic E-state index is 8.81. The van der Waals surface area contributed by atoms with E-state index in [1.807, 2.05) is 6.92 Å². The minimum absolute atomic E-state index is 0.240. The molecule has 0 bridgehead atoms. The fourth-order valence-electron chi connectivity index (χ4n) is 2.89. The number of ether oxygens (including phenoxy) is 1. The molecule has 0 aliphatic carbocycles. The zero-order valence-corrected chi connectivity index (χ0v) is 14.0. The van der Waals surface area contributed by atoms with Crippen molar-refractivity contribution in [1.82, 2.24) is 5.32 Å². The first-order valence-corrected chi connectivity index (χ1v) is 8.56. The number of anilines is 1. The predicted octanol–water partition coefficient (Wildman–Crippen LogP) is 2.79. The van der Waals surface area contributed by atoms with Crippen LogP contribution in [0, 0.1) is 5.92 Å². The van der Waals surface area contributed by atoms with E-state index in [1.54, 1.807) is 0 Å². The lowest BCUT2D eigenvalue weighted by Gasteiger charge is -2.33.